The molecule has 0 radical (unpaired) electrons. The maximum Gasteiger partial charge on any atom is 0.231 e. The summed E-state index contributed by atoms with van der Waals surface area (Å²) in [7, 11) is 0. The lowest BCUT2D eigenvalue weighted by molar-refractivity contribution is 0.0776. The van der Waals surface area contributed by atoms with Crippen LogP contribution in [0.5, 0.6) is 11.5 Å². The molecule has 1 aromatic carbocycles. The van der Waals surface area contributed by atoms with Gasteiger partial charge in [-0.1, -0.05) is 6.07 Å². The first kappa shape index (κ1) is 10.9. The highest BCUT2D eigenvalue weighted by Crippen LogP contribution is 2.32. The molecule has 2 aliphatic rings. The van der Waals surface area contributed by atoms with E-state index in [1.165, 1.54) is 5.56 Å². The Kier molecular flexibility index (Phi) is 3.16. The molecule has 1 fully saturated rings. The zero-order valence-corrected chi connectivity index (χ0v) is 9.78. The van der Waals surface area contributed by atoms with E-state index in [-0.39, 0.29) is 0 Å². The third kappa shape index (κ3) is 2.53. The fraction of sp³-hybridized carbons (Fsp3) is 0.538. The van der Waals surface area contributed by atoms with Gasteiger partial charge < -0.3 is 19.5 Å². The van der Waals surface area contributed by atoms with Crippen LogP contribution in [0.25, 0.3) is 0 Å². The van der Waals surface area contributed by atoms with Crippen LogP contribution in [0.2, 0.25) is 0 Å². The zero-order valence-electron chi connectivity index (χ0n) is 9.78. The van der Waals surface area contributed by atoms with Crippen LogP contribution in [-0.4, -0.2) is 26.0 Å². The van der Waals surface area contributed by atoms with E-state index in [1.54, 1.807) is 0 Å². The van der Waals surface area contributed by atoms with Gasteiger partial charge in [-0.3, -0.25) is 0 Å². The largest absolute Gasteiger partial charge is 0.454 e. The molecule has 0 aromatic heterocycles. The maximum atomic E-state index is 5.36. The number of benzene rings is 1. The third-order valence-corrected chi connectivity index (χ3v) is 3.25. The van der Waals surface area contributed by atoms with Crippen LogP contribution in [0.3, 0.4) is 0 Å². The number of rotatable bonds is 3. The molecule has 4 nitrogen and oxygen atoms in total. The number of hydrogen-bond acceptors (Lipinski definition) is 4. The molecule has 1 saturated heterocycles. The Hall–Kier alpha value is -1.26. The van der Waals surface area contributed by atoms with Gasteiger partial charge in [0.1, 0.15) is 0 Å². The molecule has 3 rings (SSSR count). The fourth-order valence-corrected chi connectivity index (χ4v) is 2.21. The van der Waals surface area contributed by atoms with Gasteiger partial charge in [-0.25, -0.2) is 0 Å². The van der Waals surface area contributed by atoms with Crippen molar-refractivity contribution < 1.29 is 14.2 Å². The Labute approximate surface area is 101 Å². The number of fused-ring (bicyclic) bond motifs is 1. The molecule has 2 heterocycles. The monoisotopic (exact) mass is 235 g/mol. The molecule has 0 aliphatic carbocycles. The van der Waals surface area contributed by atoms with E-state index in [1.807, 2.05) is 6.07 Å². The van der Waals surface area contributed by atoms with Gasteiger partial charge in [0.25, 0.3) is 0 Å². The van der Waals surface area contributed by atoms with Crippen LogP contribution in [-0.2, 0) is 11.3 Å². The fourth-order valence-electron chi connectivity index (χ4n) is 2.21. The van der Waals surface area contributed by atoms with E-state index < -0.39 is 0 Å². The Morgan fingerprint density at radius 2 is 1.94 bits per heavy atom. The van der Waals surface area contributed by atoms with Crippen molar-refractivity contribution in [2.75, 3.05) is 20.0 Å². The van der Waals surface area contributed by atoms with E-state index in [0.29, 0.717) is 12.8 Å². The molecular weight excluding hydrogens is 218 g/mol. The second-order valence-corrected chi connectivity index (χ2v) is 4.46. The van der Waals surface area contributed by atoms with Crippen LogP contribution in [0.1, 0.15) is 18.4 Å². The number of hydrogen-bond donors (Lipinski definition) is 1. The summed E-state index contributed by atoms with van der Waals surface area (Å²) in [6, 6.07) is 6.69. The molecule has 1 N–H and O–H groups in total. The second kappa shape index (κ2) is 4.94. The second-order valence-electron chi connectivity index (χ2n) is 4.46. The molecular formula is C13H17NO3. The first-order valence-electron chi connectivity index (χ1n) is 6.11. The number of ether oxygens (including phenoxy) is 3. The van der Waals surface area contributed by atoms with Crippen molar-refractivity contribution in [2.24, 2.45) is 0 Å². The molecule has 0 saturated carbocycles. The Bertz CT molecular complexity index is 388. The van der Waals surface area contributed by atoms with Gasteiger partial charge in [0.15, 0.2) is 11.5 Å². The summed E-state index contributed by atoms with van der Waals surface area (Å²) in [6.45, 7) is 2.96. The lowest BCUT2D eigenvalue weighted by atomic mass is 10.1. The first-order valence-corrected chi connectivity index (χ1v) is 6.11. The minimum Gasteiger partial charge on any atom is -0.454 e. The van der Waals surface area contributed by atoms with Gasteiger partial charge in [0.2, 0.25) is 6.79 Å². The SMILES string of the molecule is c1cc2c(cc1CNC1CCOCC1)OCO2. The van der Waals surface area contributed by atoms with Gasteiger partial charge in [0.05, 0.1) is 0 Å². The molecule has 2 aliphatic heterocycles. The van der Waals surface area contributed by atoms with Gasteiger partial charge in [-0.05, 0) is 30.5 Å². The molecule has 4 heteroatoms. The highest BCUT2D eigenvalue weighted by Gasteiger charge is 2.15. The van der Waals surface area contributed by atoms with E-state index >= 15 is 0 Å². The minimum atomic E-state index is 0.339. The average molecular weight is 235 g/mol. The predicted molar refractivity (Wildman–Crippen MR) is 63.2 cm³/mol. The summed E-state index contributed by atoms with van der Waals surface area (Å²) >= 11 is 0. The van der Waals surface area contributed by atoms with Crippen LogP contribution in [0.4, 0.5) is 0 Å². The highest BCUT2D eigenvalue weighted by atomic mass is 16.7. The predicted octanol–water partition coefficient (Wildman–Crippen LogP) is 1.68. The minimum absolute atomic E-state index is 0.339. The van der Waals surface area contributed by atoms with Gasteiger partial charge in [0, 0.05) is 25.8 Å². The van der Waals surface area contributed by atoms with E-state index in [4.69, 9.17) is 14.2 Å². The van der Waals surface area contributed by atoms with Crippen LogP contribution >= 0.6 is 0 Å². The molecule has 0 unspecified atom stereocenters. The van der Waals surface area contributed by atoms with E-state index in [2.05, 4.69) is 17.4 Å². The Morgan fingerprint density at radius 3 is 2.82 bits per heavy atom. The Morgan fingerprint density at radius 1 is 1.12 bits per heavy atom. The van der Waals surface area contributed by atoms with E-state index in [9.17, 15) is 0 Å². The lowest BCUT2D eigenvalue weighted by Gasteiger charge is -2.23. The van der Waals surface area contributed by atoms with Crippen LogP contribution in [0, 0.1) is 0 Å². The highest BCUT2D eigenvalue weighted by molar-refractivity contribution is 5.44. The van der Waals surface area contributed by atoms with Gasteiger partial charge >= 0.3 is 0 Å². The van der Waals surface area contributed by atoms with Crippen LogP contribution < -0.4 is 14.8 Å². The maximum absolute atomic E-state index is 5.36. The Balaban J connectivity index is 1.57. The van der Waals surface area contributed by atoms with Crippen molar-refractivity contribution in [3.63, 3.8) is 0 Å². The van der Waals surface area contributed by atoms with E-state index in [0.717, 1.165) is 44.1 Å². The van der Waals surface area contributed by atoms with Crippen molar-refractivity contribution in [1.82, 2.24) is 5.32 Å². The molecule has 0 bridgehead atoms. The third-order valence-electron chi connectivity index (χ3n) is 3.25. The average Bonchev–Trinajstić information content (AvgIpc) is 2.85. The normalized spacial score (nSPS) is 19.5. The van der Waals surface area contributed by atoms with Crippen molar-refractivity contribution in [3.05, 3.63) is 23.8 Å². The first-order chi connectivity index (χ1) is 8.42. The smallest absolute Gasteiger partial charge is 0.231 e. The summed E-state index contributed by atoms with van der Waals surface area (Å²) in [5.74, 6) is 1.70. The quantitative estimate of drug-likeness (QED) is 0.865. The molecule has 1 aromatic rings. The molecule has 92 valence electrons. The van der Waals surface area contributed by atoms with Crippen molar-refractivity contribution >= 4 is 0 Å². The molecule has 0 atom stereocenters. The van der Waals surface area contributed by atoms with Crippen molar-refractivity contribution in [1.29, 1.82) is 0 Å². The van der Waals surface area contributed by atoms with Gasteiger partial charge in [-0.2, -0.15) is 0 Å². The molecule has 0 amide bonds. The van der Waals surface area contributed by atoms with Crippen LogP contribution in [0.15, 0.2) is 18.2 Å². The topological polar surface area (TPSA) is 39.7 Å². The molecule has 0 spiro atoms. The molecule has 17 heavy (non-hydrogen) atoms. The van der Waals surface area contributed by atoms with Crippen molar-refractivity contribution in [2.45, 2.75) is 25.4 Å². The summed E-state index contributed by atoms with van der Waals surface area (Å²) in [5, 5.41) is 3.55. The lowest BCUT2D eigenvalue weighted by Crippen LogP contribution is -2.34. The summed E-state index contributed by atoms with van der Waals surface area (Å²) < 4.78 is 16.0. The zero-order chi connectivity index (χ0) is 11.5. The summed E-state index contributed by atoms with van der Waals surface area (Å²) in [5.41, 5.74) is 1.24. The number of nitrogens with one attached hydrogen (secondary N) is 1. The van der Waals surface area contributed by atoms with Gasteiger partial charge in [-0.15, -0.1) is 0 Å². The van der Waals surface area contributed by atoms with Crippen molar-refractivity contribution in [3.8, 4) is 11.5 Å². The summed E-state index contributed by atoms with van der Waals surface area (Å²) in [4.78, 5) is 0. The standard InChI is InChI=1S/C13H17NO3/c1-2-12-13(17-9-16-12)7-10(1)8-14-11-3-5-15-6-4-11/h1-2,7,11,14H,3-6,8-9H2. The summed E-state index contributed by atoms with van der Waals surface area (Å²) in [6.07, 6.45) is 2.20.